The Morgan fingerprint density at radius 3 is 2.80 bits per heavy atom. The zero-order valence-electron chi connectivity index (χ0n) is 14.5. The number of carbonyl (C=O) groups excluding carboxylic acids is 1. The molecular weight excluding hydrogens is 332 g/mol. The Balaban J connectivity index is 1.85. The van der Waals surface area contributed by atoms with Crippen LogP contribution in [0.2, 0.25) is 0 Å². The smallest absolute Gasteiger partial charge is 0.172 e. The summed E-state index contributed by atoms with van der Waals surface area (Å²) in [5.41, 5.74) is 3.97. The molecule has 4 nitrogen and oxygen atoms in total. The lowest BCUT2D eigenvalue weighted by molar-refractivity contribution is 0.101. The van der Waals surface area contributed by atoms with E-state index in [9.17, 15) is 4.79 Å². The van der Waals surface area contributed by atoms with Gasteiger partial charge in [0.05, 0.1) is 7.11 Å². The normalized spacial score (nSPS) is 10.7. The molecular formula is C20H20N2O2S. The molecule has 0 radical (unpaired) electrons. The molecule has 0 bridgehead atoms. The van der Waals surface area contributed by atoms with Gasteiger partial charge in [-0.2, -0.15) is 0 Å². The van der Waals surface area contributed by atoms with Crippen LogP contribution in [0.15, 0.2) is 60.0 Å². The first-order chi connectivity index (χ1) is 12.1. The van der Waals surface area contributed by atoms with Crippen molar-refractivity contribution in [2.24, 2.45) is 0 Å². The molecule has 0 aliphatic rings. The van der Waals surface area contributed by atoms with Gasteiger partial charge in [0, 0.05) is 35.0 Å². The number of Topliss-reactive ketones (excluding diaryl/α,β-unsaturated/α-hetero) is 1. The van der Waals surface area contributed by atoms with Gasteiger partial charge in [-0.05, 0) is 49.7 Å². The highest BCUT2D eigenvalue weighted by atomic mass is 32.2. The van der Waals surface area contributed by atoms with Crippen LogP contribution in [0.1, 0.15) is 28.4 Å². The third kappa shape index (κ3) is 3.94. The van der Waals surface area contributed by atoms with E-state index in [0.29, 0.717) is 11.3 Å². The molecule has 1 heterocycles. The molecule has 0 N–H and O–H groups in total. The summed E-state index contributed by atoms with van der Waals surface area (Å²) in [5.74, 6) is 1.51. The van der Waals surface area contributed by atoms with Crippen molar-refractivity contribution >= 4 is 17.5 Å². The number of carbonyl (C=O) groups is 1. The Morgan fingerprint density at radius 1 is 1.24 bits per heavy atom. The number of methoxy groups -OCH3 is 1. The molecule has 0 spiro atoms. The second-order valence-electron chi connectivity index (χ2n) is 5.79. The summed E-state index contributed by atoms with van der Waals surface area (Å²) in [6.45, 7) is 3.65. The number of imidazole rings is 1. The third-order valence-electron chi connectivity index (χ3n) is 3.93. The lowest BCUT2D eigenvalue weighted by atomic mass is 10.1. The molecule has 2 aromatic carbocycles. The van der Waals surface area contributed by atoms with E-state index in [1.54, 1.807) is 38.1 Å². The molecule has 0 atom stereocenters. The van der Waals surface area contributed by atoms with Gasteiger partial charge in [-0.3, -0.25) is 9.36 Å². The van der Waals surface area contributed by atoms with Crippen molar-refractivity contribution in [3.63, 3.8) is 0 Å². The molecule has 3 aromatic rings. The van der Waals surface area contributed by atoms with Crippen LogP contribution in [0, 0.1) is 6.92 Å². The zero-order valence-corrected chi connectivity index (χ0v) is 15.3. The number of rotatable bonds is 6. The second-order valence-corrected chi connectivity index (χ2v) is 6.73. The van der Waals surface area contributed by atoms with Crippen LogP contribution in [-0.2, 0) is 5.75 Å². The monoisotopic (exact) mass is 352 g/mol. The van der Waals surface area contributed by atoms with Gasteiger partial charge in [-0.25, -0.2) is 4.98 Å². The van der Waals surface area contributed by atoms with E-state index in [0.717, 1.165) is 22.2 Å². The maximum Gasteiger partial charge on any atom is 0.172 e. The van der Waals surface area contributed by atoms with E-state index in [2.05, 4.69) is 34.7 Å². The third-order valence-corrected chi connectivity index (χ3v) is 4.95. The largest absolute Gasteiger partial charge is 0.496 e. The molecule has 0 unspecified atom stereocenters. The summed E-state index contributed by atoms with van der Waals surface area (Å²) >= 11 is 1.62. The van der Waals surface area contributed by atoms with Crippen LogP contribution < -0.4 is 4.74 Å². The number of thioether (sulfide) groups is 1. The first kappa shape index (κ1) is 17.3. The van der Waals surface area contributed by atoms with Crippen molar-refractivity contribution in [2.75, 3.05) is 7.11 Å². The van der Waals surface area contributed by atoms with Crippen molar-refractivity contribution in [3.8, 4) is 11.4 Å². The van der Waals surface area contributed by atoms with Gasteiger partial charge in [-0.15, -0.1) is 0 Å². The standard InChI is InChI=1S/C20H20N2O2S/c1-14-5-4-6-18(11-14)22-10-9-21-20(22)25-13-17-12-16(15(2)23)7-8-19(17)24-3/h4-12H,13H2,1-3H3. The predicted molar refractivity (Wildman–Crippen MR) is 101 cm³/mol. The number of aryl methyl sites for hydroxylation is 1. The number of benzene rings is 2. The van der Waals surface area contributed by atoms with E-state index in [1.165, 1.54) is 5.56 Å². The summed E-state index contributed by atoms with van der Waals surface area (Å²) in [5, 5.41) is 0.904. The second kappa shape index (κ2) is 7.57. The van der Waals surface area contributed by atoms with E-state index >= 15 is 0 Å². The topological polar surface area (TPSA) is 44.1 Å². The van der Waals surface area contributed by atoms with Gasteiger partial charge >= 0.3 is 0 Å². The molecule has 0 amide bonds. The predicted octanol–water partition coefficient (Wildman–Crippen LogP) is 4.68. The van der Waals surface area contributed by atoms with Gasteiger partial charge in [0.25, 0.3) is 0 Å². The summed E-state index contributed by atoms with van der Waals surface area (Å²) in [6.07, 6.45) is 3.76. The summed E-state index contributed by atoms with van der Waals surface area (Å²) in [6, 6.07) is 13.8. The molecule has 1 aromatic heterocycles. The average Bonchev–Trinajstić information content (AvgIpc) is 3.08. The maximum absolute atomic E-state index is 11.6. The summed E-state index contributed by atoms with van der Waals surface area (Å²) in [4.78, 5) is 16.1. The highest BCUT2D eigenvalue weighted by Gasteiger charge is 2.11. The number of hydrogen-bond donors (Lipinski definition) is 0. The fraction of sp³-hybridized carbons (Fsp3) is 0.200. The number of ketones is 1. The quantitative estimate of drug-likeness (QED) is 0.477. The molecule has 0 aliphatic heterocycles. The highest BCUT2D eigenvalue weighted by molar-refractivity contribution is 7.98. The number of aromatic nitrogens is 2. The van der Waals surface area contributed by atoms with E-state index in [-0.39, 0.29) is 5.78 Å². The Morgan fingerprint density at radius 2 is 2.08 bits per heavy atom. The minimum Gasteiger partial charge on any atom is -0.496 e. The molecule has 128 valence electrons. The molecule has 3 rings (SSSR count). The van der Waals surface area contributed by atoms with Crippen LogP contribution in [-0.4, -0.2) is 22.4 Å². The van der Waals surface area contributed by atoms with Crippen LogP contribution in [0.4, 0.5) is 0 Å². The Bertz CT molecular complexity index is 902. The summed E-state index contributed by atoms with van der Waals surface area (Å²) < 4.78 is 7.50. The van der Waals surface area contributed by atoms with Gasteiger partial charge in [-0.1, -0.05) is 23.9 Å². The fourth-order valence-electron chi connectivity index (χ4n) is 2.62. The van der Waals surface area contributed by atoms with Gasteiger partial charge in [0.15, 0.2) is 10.9 Å². The lowest BCUT2D eigenvalue weighted by Crippen LogP contribution is -1.99. The van der Waals surface area contributed by atoms with Crippen LogP contribution >= 0.6 is 11.8 Å². The average molecular weight is 352 g/mol. The van der Waals surface area contributed by atoms with Crippen molar-refractivity contribution in [2.45, 2.75) is 24.8 Å². The molecule has 25 heavy (non-hydrogen) atoms. The van der Waals surface area contributed by atoms with Gasteiger partial charge < -0.3 is 4.74 Å². The number of nitrogens with zero attached hydrogens (tertiary/aromatic N) is 2. The first-order valence-electron chi connectivity index (χ1n) is 7.99. The maximum atomic E-state index is 11.6. The minimum atomic E-state index is 0.0511. The van der Waals surface area contributed by atoms with E-state index in [4.69, 9.17) is 4.74 Å². The van der Waals surface area contributed by atoms with Crippen LogP contribution in [0.5, 0.6) is 5.75 Å². The van der Waals surface area contributed by atoms with Crippen molar-refractivity contribution in [1.29, 1.82) is 0 Å². The Labute approximate surface area is 151 Å². The molecule has 0 aliphatic carbocycles. The van der Waals surface area contributed by atoms with Gasteiger partial charge in [0.2, 0.25) is 0 Å². The zero-order chi connectivity index (χ0) is 17.8. The van der Waals surface area contributed by atoms with Crippen molar-refractivity contribution in [1.82, 2.24) is 9.55 Å². The lowest BCUT2D eigenvalue weighted by Gasteiger charge is -2.11. The van der Waals surface area contributed by atoms with E-state index < -0.39 is 0 Å². The molecule has 0 fully saturated rings. The Kier molecular flexibility index (Phi) is 5.24. The number of ether oxygens (including phenoxy) is 1. The molecule has 0 saturated carbocycles. The molecule has 0 saturated heterocycles. The van der Waals surface area contributed by atoms with E-state index in [1.807, 2.05) is 24.4 Å². The Hall–Kier alpha value is -2.53. The highest BCUT2D eigenvalue weighted by Crippen LogP contribution is 2.29. The van der Waals surface area contributed by atoms with Crippen molar-refractivity contribution in [3.05, 3.63) is 71.5 Å². The summed E-state index contributed by atoms with van der Waals surface area (Å²) in [7, 11) is 1.64. The van der Waals surface area contributed by atoms with Gasteiger partial charge in [0.1, 0.15) is 5.75 Å². The van der Waals surface area contributed by atoms with Crippen LogP contribution in [0.25, 0.3) is 5.69 Å². The van der Waals surface area contributed by atoms with Crippen molar-refractivity contribution < 1.29 is 9.53 Å². The first-order valence-corrected chi connectivity index (χ1v) is 8.98. The minimum absolute atomic E-state index is 0.0511. The fourth-order valence-corrected chi connectivity index (χ4v) is 3.57. The SMILES string of the molecule is COc1ccc(C(C)=O)cc1CSc1nccn1-c1cccc(C)c1. The molecule has 5 heteroatoms. The number of hydrogen-bond acceptors (Lipinski definition) is 4. The van der Waals surface area contributed by atoms with Crippen LogP contribution in [0.3, 0.4) is 0 Å².